The van der Waals surface area contributed by atoms with Gasteiger partial charge in [0.1, 0.15) is 0 Å². The van der Waals surface area contributed by atoms with Gasteiger partial charge < -0.3 is 5.32 Å². The first-order valence-electron chi connectivity index (χ1n) is 5.31. The quantitative estimate of drug-likeness (QED) is 0.773. The molecule has 0 saturated carbocycles. The molecule has 78 valence electrons. The molecule has 0 aliphatic rings. The van der Waals surface area contributed by atoms with Crippen molar-refractivity contribution in [2.45, 2.75) is 33.7 Å². The first kappa shape index (κ1) is 11.3. The van der Waals surface area contributed by atoms with Gasteiger partial charge in [-0.15, -0.1) is 0 Å². The van der Waals surface area contributed by atoms with Gasteiger partial charge in [-0.2, -0.15) is 0 Å². The van der Waals surface area contributed by atoms with E-state index in [1.807, 2.05) is 7.05 Å². The van der Waals surface area contributed by atoms with Crippen LogP contribution < -0.4 is 5.32 Å². The Labute approximate surface area is 87.5 Å². The molecule has 0 aromatic heterocycles. The third kappa shape index (κ3) is 2.16. The lowest BCUT2D eigenvalue weighted by atomic mass is 9.91. The molecule has 0 radical (unpaired) electrons. The van der Waals surface area contributed by atoms with Crippen LogP contribution in [0.3, 0.4) is 0 Å². The van der Waals surface area contributed by atoms with Crippen molar-refractivity contribution in [3.05, 3.63) is 34.9 Å². The minimum absolute atomic E-state index is 0.467. The summed E-state index contributed by atoms with van der Waals surface area (Å²) in [5, 5.41) is 3.39. The molecule has 0 aliphatic carbocycles. The summed E-state index contributed by atoms with van der Waals surface area (Å²) < 4.78 is 0. The SMILES string of the molecule is CNC(c1cccc(C)c1C)C(C)C. The van der Waals surface area contributed by atoms with E-state index in [4.69, 9.17) is 0 Å². The van der Waals surface area contributed by atoms with Crippen LogP contribution in [0.25, 0.3) is 0 Å². The van der Waals surface area contributed by atoms with Crippen molar-refractivity contribution in [2.75, 3.05) is 7.05 Å². The summed E-state index contributed by atoms with van der Waals surface area (Å²) >= 11 is 0. The van der Waals surface area contributed by atoms with Gasteiger partial charge in [-0.25, -0.2) is 0 Å². The molecule has 1 atom stereocenters. The summed E-state index contributed by atoms with van der Waals surface area (Å²) in [4.78, 5) is 0. The summed E-state index contributed by atoms with van der Waals surface area (Å²) in [6, 6.07) is 7.01. The van der Waals surface area contributed by atoms with Crippen LogP contribution in [0.2, 0.25) is 0 Å². The number of hydrogen-bond donors (Lipinski definition) is 1. The fourth-order valence-corrected chi connectivity index (χ4v) is 1.96. The van der Waals surface area contributed by atoms with Crippen molar-refractivity contribution >= 4 is 0 Å². The average Bonchev–Trinajstić information content (AvgIpc) is 2.13. The minimum Gasteiger partial charge on any atom is -0.313 e. The van der Waals surface area contributed by atoms with Crippen molar-refractivity contribution in [1.29, 1.82) is 0 Å². The van der Waals surface area contributed by atoms with Crippen LogP contribution in [0.1, 0.15) is 36.6 Å². The van der Waals surface area contributed by atoms with Gasteiger partial charge >= 0.3 is 0 Å². The highest BCUT2D eigenvalue weighted by molar-refractivity contribution is 5.35. The Kier molecular flexibility index (Phi) is 3.70. The highest BCUT2D eigenvalue weighted by Crippen LogP contribution is 2.25. The van der Waals surface area contributed by atoms with Gasteiger partial charge in [0, 0.05) is 6.04 Å². The minimum atomic E-state index is 0.467. The van der Waals surface area contributed by atoms with Gasteiger partial charge in [0.15, 0.2) is 0 Å². The zero-order chi connectivity index (χ0) is 10.7. The van der Waals surface area contributed by atoms with E-state index < -0.39 is 0 Å². The molecule has 0 aliphatic heterocycles. The number of nitrogens with one attached hydrogen (secondary N) is 1. The molecule has 0 fully saturated rings. The van der Waals surface area contributed by atoms with Gasteiger partial charge in [0.05, 0.1) is 0 Å². The van der Waals surface area contributed by atoms with Gasteiger partial charge in [0.25, 0.3) is 0 Å². The zero-order valence-corrected chi connectivity index (χ0v) is 9.89. The first-order chi connectivity index (χ1) is 6.57. The van der Waals surface area contributed by atoms with Gasteiger partial charge in [-0.1, -0.05) is 32.0 Å². The van der Waals surface area contributed by atoms with Crippen LogP contribution >= 0.6 is 0 Å². The van der Waals surface area contributed by atoms with Crippen molar-refractivity contribution in [1.82, 2.24) is 5.32 Å². The van der Waals surface area contributed by atoms with E-state index in [1.165, 1.54) is 16.7 Å². The average molecular weight is 191 g/mol. The topological polar surface area (TPSA) is 12.0 Å². The summed E-state index contributed by atoms with van der Waals surface area (Å²) in [7, 11) is 2.03. The Bertz CT molecular complexity index is 302. The number of hydrogen-bond acceptors (Lipinski definition) is 1. The molecule has 0 amide bonds. The lowest BCUT2D eigenvalue weighted by Gasteiger charge is -2.23. The van der Waals surface area contributed by atoms with Crippen LogP contribution in [-0.2, 0) is 0 Å². The fourth-order valence-electron chi connectivity index (χ4n) is 1.96. The lowest BCUT2D eigenvalue weighted by Crippen LogP contribution is -2.22. The largest absolute Gasteiger partial charge is 0.313 e. The van der Waals surface area contributed by atoms with Crippen molar-refractivity contribution in [2.24, 2.45) is 5.92 Å². The van der Waals surface area contributed by atoms with Gasteiger partial charge in [0.2, 0.25) is 0 Å². The second kappa shape index (κ2) is 4.61. The molecule has 1 unspecified atom stereocenters. The van der Waals surface area contributed by atoms with E-state index >= 15 is 0 Å². The second-order valence-corrected chi connectivity index (χ2v) is 4.30. The maximum Gasteiger partial charge on any atom is 0.0343 e. The molecule has 0 saturated heterocycles. The molecule has 0 bridgehead atoms. The monoisotopic (exact) mass is 191 g/mol. The molecule has 1 heteroatoms. The van der Waals surface area contributed by atoms with E-state index in [1.54, 1.807) is 0 Å². The molecule has 0 spiro atoms. The first-order valence-corrected chi connectivity index (χ1v) is 5.31. The fraction of sp³-hybridized carbons (Fsp3) is 0.538. The number of rotatable bonds is 3. The highest BCUT2D eigenvalue weighted by atomic mass is 14.9. The summed E-state index contributed by atoms with van der Waals surface area (Å²) in [5.41, 5.74) is 4.23. The molecule has 1 aromatic rings. The van der Waals surface area contributed by atoms with Crippen LogP contribution in [0, 0.1) is 19.8 Å². The van der Waals surface area contributed by atoms with Crippen LogP contribution in [0.4, 0.5) is 0 Å². The molecule has 0 heterocycles. The Morgan fingerprint density at radius 3 is 2.29 bits per heavy atom. The summed E-state index contributed by atoms with van der Waals surface area (Å²) in [6.45, 7) is 8.88. The van der Waals surface area contributed by atoms with E-state index in [0.29, 0.717) is 12.0 Å². The third-order valence-electron chi connectivity index (χ3n) is 2.96. The van der Waals surface area contributed by atoms with E-state index in [-0.39, 0.29) is 0 Å². The van der Waals surface area contributed by atoms with Crippen LogP contribution in [0.15, 0.2) is 18.2 Å². The van der Waals surface area contributed by atoms with Crippen LogP contribution in [-0.4, -0.2) is 7.05 Å². The zero-order valence-electron chi connectivity index (χ0n) is 9.89. The number of benzene rings is 1. The highest BCUT2D eigenvalue weighted by Gasteiger charge is 2.15. The lowest BCUT2D eigenvalue weighted by molar-refractivity contribution is 0.441. The van der Waals surface area contributed by atoms with Crippen molar-refractivity contribution in [3.63, 3.8) is 0 Å². The Balaban J connectivity index is 3.10. The Morgan fingerprint density at radius 1 is 1.14 bits per heavy atom. The van der Waals surface area contributed by atoms with Crippen molar-refractivity contribution in [3.8, 4) is 0 Å². The second-order valence-electron chi connectivity index (χ2n) is 4.30. The maximum absolute atomic E-state index is 3.39. The van der Waals surface area contributed by atoms with Crippen LogP contribution in [0.5, 0.6) is 0 Å². The molecular weight excluding hydrogens is 170 g/mol. The molecule has 1 aromatic carbocycles. The molecule has 14 heavy (non-hydrogen) atoms. The van der Waals surface area contributed by atoms with E-state index in [9.17, 15) is 0 Å². The van der Waals surface area contributed by atoms with Gasteiger partial charge in [-0.05, 0) is 43.5 Å². The predicted molar refractivity (Wildman–Crippen MR) is 62.6 cm³/mol. The Hall–Kier alpha value is -0.820. The van der Waals surface area contributed by atoms with Crippen molar-refractivity contribution < 1.29 is 0 Å². The normalized spacial score (nSPS) is 13.3. The maximum atomic E-state index is 3.39. The van der Waals surface area contributed by atoms with E-state index in [2.05, 4.69) is 51.2 Å². The molecular formula is C13H21N. The number of aryl methyl sites for hydroxylation is 1. The molecule has 1 nitrogen and oxygen atoms in total. The van der Waals surface area contributed by atoms with E-state index in [0.717, 1.165) is 0 Å². The Morgan fingerprint density at radius 2 is 1.79 bits per heavy atom. The smallest absolute Gasteiger partial charge is 0.0343 e. The predicted octanol–water partition coefficient (Wildman–Crippen LogP) is 3.22. The summed E-state index contributed by atoms with van der Waals surface area (Å²) in [5.74, 6) is 0.625. The third-order valence-corrected chi connectivity index (χ3v) is 2.96. The summed E-state index contributed by atoms with van der Waals surface area (Å²) in [6.07, 6.45) is 0. The molecule has 1 rings (SSSR count). The van der Waals surface area contributed by atoms with Gasteiger partial charge in [-0.3, -0.25) is 0 Å². The molecule has 1 N–H and O–H groups in total. The standard InChI is InChI=1S/C13H21N/c1-9(2)13(14-5)12-8-6-7-10(3)11(12)4/h6-9,13-14H,1-5H3.